The Morgan fingerprint density at radius 1 is 1.45 bits per heavy atom. The molecule has 5 heteroatoms. The average Bonchev–Trinajstić information content (AvgIpc) is 2.33. The predicted molar refractivity (Wildman–Crippen MR) is 46.1 cm³/mol. The molecule has 0 aromatic carbocycles. The van der Waals surface area contributed by atoms with Gasteiger partial charge in [0.25, 0.3) is 0 Å². The molecule has 0 aliphatic carbocycles. The number of hydrogen-bond donors (Lipinski definition) is 1. The van der Waals surface area contributed by atoms with E-state index >= 15 is 0 Å². The molecule has 0 amide bonds. The second-order valence-corrected chi connectivity index (χ2v) is 2.40. The minimum Gasteiger partial charge on any atom is -0.282 e. The van der Waals surface area contributed by atoms with E-state index in [-0.39, 0.29) is 29.6 Å². The Kier molecular flexibility index (Phi) is 2.84. The van der Waals surface area contributed by atoms with Crippen LogP contribution >= 0.6 is 12.2 Å². The fraction of sp³-hybridized carbons (Fsp3) is 0. The van der Waals surface area contributed by atoms with Gasteiger partial charge in [-0.25, -0.2) is 9.50 Å². The molecule has 0 fully saturated rings. The van der Waals surface area contributed by atoms with Crippen LogP contribution in [0.4, 0.5) is 0 Å². The fourth-order valence-corrected chi connectivity index (χ4v) is 1.01. The maximum atomic E-state index is 4.90. The molecule has 0 saturated carbocycles. The zero-order valence-electron chi connectivity index (χ0n) is 6.11. The fourth-order valence-electron chi connectivity index (χ4n) is 0.839. The number of nitrogens with one attached hydrogen (secondary N) is 1. The smallest absolute Gasteiger partial charge is 0.151 e. The molecule has 1 N–H and O–H groups in total. The molecule has 2 heterocycles. The third-order valence-corrected chi connectivity index (χ3v) is 1.51. The number of H-pyrrole nitrogens is 1. The van der Waals surface area contributed by atoms with Crippen LogP contribution in [0.5, 0.6) is 0 Å². The van der Waals surface area contributed by atoms with Crippen molar-refractivity contribution in [3.8, 4) is 0 Å². The summed E-state index contributed by atoms with van der Waals surface area (Å²) < 4.78 is 2.49. The molecule has 1 radical (unpaired) electrons. The first kappa shape index (κ1) is 8.93. The summed E-state index contributed by atoms with van der Waals surface area (Å²) in [6.07, 6.45) is 3.55. The van der Waals surface area contributed by atoms with Crippen molar-refractivity contribution in [1.29, 1.82) is 0 Å². The topological polar surface area (TPSA) is 33.1 Å². The molecule has 2 aromatic rings. The largest absolute Gasteiger partial charge is 0.282 e. The first-order valence-electron chi connectivity index (χ1n) is 2.89. The second kappa shape index (κ2) is 3.49. The first-order chi connectivity index (χ1) is 4.86. The Morgan fingerprint density at radius 2 is 2.27 bits per heavy atom. The van der Waals surface area contributed by atoms with Crippen LogP contribution in [0.1, 0.15) is 0 Å². The molecule has 3 nitrogen and oxygen atoms in total. The van der Waals surface area contributed by atoms with Crippen molar-refractivity contribution < 1.29 is 0 Å². The molecule has 11 heavy (non-hydrogen) atoms. The van der Waals surface area contributed by atoms with E-state index in [4.69, 9.17) is 12.2 Å². The molecule has 0 spiro atoms. The number of fused-ring (bicyclic) bond motifs is 1. The molecule has 0 aliphatic rings. The van der Waals surface area contributed by atoms with E-state index in [0.29, 0.717) is 4.64 Å². The number of imidazole rings is 1. The van der Waals surface area contributed by atoms with Gasteiger partial charge in [-0.15, -0.1) is 0 Å². The van der Waals surface area contributed by atoms with Crippen molar-refractivity contribution in [2.45, 2.75) is 0 Å². The van der Waals surface area contributed by atoms with Crippen molar-refractivity contribution in [2.75, 3.05) is 0 Å². The van der Waals surface area contributed by atoms with Crippen molar-refractivity contribution in [1.82, 2.24) is 14.6 Å². The van der Waals surface area contributed by atoms with Crippen LogP contribution in [0.15, 0.2) is 24.5 Å². The van der Waals surface area contributed by atoms with E-state index in [1.165, 1.54) is 0 Å². The average molecular weight is 174 g/mol. The second-order valence-electron chi connectivity index (χ2n) is 1.96. The van der Waals surface area contributed by atoms with Gasteiger partial charge < -0.3 is 0 Å². The number of hydrogen-bond acceptors (Lipinski definition) is 2. The van der Waals surface area contributed by atoms with Crippen LogP contribution in [-0.2, 0) is 0 Å². The summed E-state index contributed by atoms with van der Waals surface area (Å²) in [5, 5.41) is 2.94. The molecule has 0 unspecified atom stereocenters. The van der Waals surface area contributed by atoms with Crippen molar-refractivity contribution >= 4 is 47.4 Å². The monoisotopic (exact) mass is 174 g/mol. The molecule has 51 valence electrons. The van der Waals surface area contributed by atoms with Crippen LogP contribution in [0.2, 0.25) is 0 Å². The van der Waals surface area contributed by atoms with Gasteiger partial charge in [0.05, 0.1) is 0 Å². The summed E-state index contributed by atoms with van der Waals surface area (Å²) in [4.78, 5) is 4.05. The maximum Gasteiger partial charge on any atom is 0.151 e. The van der Waals surface area contributed by atoms with Gasteiger partial charge in [-0.1, -0.05) is 12.2 Å². The number of aromatic nitrogens is 3. The number of aromatic amines is 1. The molecule has 0 saturated heterocycles. The van der Waals surface area contributed by atoms with Gasteiger partial charge in [-0.2, -0.15) is 0 Å². The molecule has 2 aromatic heterocycles. The van der Waals surface area contributed by atoms with Gasteiger partial charge in [0, 0.05) is 42.0 Å². The van der Waals surface area contributed by atoms with Gasteiger partial charge in [0.15, 0.2) is 5.65 Å². The normalized spacial score (nSPS) is 9.45. The van der Waals surface area contributed by atoms with Crippen LogP contribution in [0.25, 0.3) is 5.65 Å². The Bertz CT molecular complexity index is 405. The SMILES string of the molecule is S=c1ccc2nccn2[nH]1.[Na]. The summed E-state index contributed by atoms with van der Waals surface area (Å²) in [6, 6.07) is 3.69. The molecule has 0 aliphatic heterocycles. The van der Waals surface area contributed by atoms with E-state index in [0.717, 1.165) is 5.65 Å². The molecule has 0 bridgehead atoms. The van der Waals surface area contributed by atoms with E-state index in [1.807, 2.05) is 18.3 Å². The van der Waals surface area contributed by atoms with Crippen molar-refractivity contribution in [3.05, 3.63) is 29.2 Å². The van der Waals surface area contributed by atoms with Crippen LogP contribution in [0, 0.1) is 4.64 Å². The number of rotatable bonds is 0. The third-order valence-electron chi connectivity index (χ3n) is 1.28. The third kappa shape index (κ3) is 1.70. The zero-order chi connectivity index (χ0) is 6.97. The van der Waals surface area contributed by atoms with Crippen molar-refractivity contribution in [3.63, 3.8) is 0 Å². The maximum absolute atomic E-state index is 4.90. The molecular formula is C6H5N3NaS. The summed E-state index contributed by atoms with van der Waals surface area (Å²) in [5.74, 6) is 0. The van der Waals surface area contributed by atoms with E-state index in [9.17, 15) is 0 Å². The summed E-state index contributed by atoms with van der Waals surface area (Å²) in [7, 11) is 0. The Labute approximate surface area is 90.7 Å². The quantitative estimate of drug-likeness (QED) is 0.477. The first-order valence-corrected chi connectivity index (χ1v) is 3.29. The van der Waals surface area contributed by atoms with Gasteiger partial charge >= 0.3 is 0 Å². The van der Waals surface area contributed by atoms with Gasteiger partial charge in [-0.3, -0.25) is 5.10 Å². The Balaban J connectivity index is 0.000000605. The summed E-state index contributed by atoms with van der Waals surface area (Å²) >= 11 is 4.90. The Hall–Kier alpha value is -0.160. The van der Waals surface area contributed by atoms with E-state index in [2.05, 4.69) is 10.1 Å². The minimum absolute atomic E-state index is 0. The minimum atomic E-state index is 0. The van der Waals surface area contributed by atoms with Crippen LogP contribution in [-0.4, -0.2) is 44.2 Å². The van der Waals surface area contributed by atoms with Gasteiger partial charge in [0.1, 0.15) is 4.64 Å². The Morgan fingerprint density at radius 3 is 3.09 bits per heavy atom. The molecular weight excluding hydrogens is 169 g/mol. The zero-order valence-corrected chi connectivity index (χ0v) is 8.93. The predicted octanol–water partition coefficient (Wildman–Crippen LogP) is 1.01. The van der Waals surface area contributed by atoms with Crippen LogP contribution in [0.3, 0.4) is 0 Å². The summed E-state index contributed by atoms with van der Waals surface area (Å²) in [5.41, 5.74) is 0.883. The van der Waals surface area contributed by atoms with E-state index < -0.39 is 0 Å². The van der Waals surface area contributed by atoms with Gasteiger partial charge in [0.2, 0.25) is 0 Å². The molecule has 0 atom stereocenters. The summed E-state index contributed by atoms with van der Waals surface area (Å²) in [6.45, 7) is 0. The van der Waals surface area contributed by atoms with Gasteiger partial charge in [-0.05, 0) is 12.1 Å². The molecule has 2 rings (SSSR count). The van der Waals surface area contributed by atoms with Crippen LogP contribution < -0.4 is 0 Å². The van der Waals surface area contributed by atoms with Crippen molar-refractivity contribution in [2.24, 2.45) is 0 Å². The number of nitrogens with zero attached hydrogens (tertiary/aromatic N) is 2. The van der Waals surface area contributed by atoms with E-state index in [1.54, 1.807) is 10.7 Å². The standard InChI is InChI=1S/C6H5N3S.Na/c10-6-2-1-5-7-3-4-9(5)8-6;/h1-4H,(H,8,10);.